The maximum atomic E-state index is 12.5. The Hall–Kier alpha value is -0.780. The minimum absolute atomic E-state index is 0.0865. The van der Waals surface area contributed by atoms with Crippen molar-refractivity contribution >= 4 is 21.6 Å². The van der Waals surface area contributed by atoms with E-state index in [1.54, 1.807) is 18.2 Å². The summed E-state index contributed by atoms with van der Waals surface area (Å²) >= 11 is 5.82. The Kier molecular flexibility index (Phi) is 5.64. The van der Waals surface area contributed by atoms with Crippen molar-refractivity contribution in [2.24, 2.45) is 0 Å². The monoisotopic (exact) mass is 305 g/mol. The Bertz CT molecular complexity index is 529. The van der Waals surface area contributed by atoms with Gasteiger partial charge in [-0.3, -0.25) is 0 Å². The molecule has 0 aliphatic rings. The second-order valence-corrected chi connectivity index (χ2v) is 6.57. The van der Waals surface area contributed by atoms with Crippen LogP contribution >= 0.6 is 11.6 Å². The van der Waals surface area contributed by atoms with Crippen LogP contribution in [0.25, 0.3) is 0 Å². The largest absolute Gasteiger partial charge is 0.496 e. The highest BCUT2D eigenvalue weighted by Gasteiger charge is 2.26. The molecule has 0 radical (unpaired) electrons. The van der Waals surface area contributed by atoms with Gasteiger partial charge < -0.3 is 4.74 Å². The van der Waals surface area contributed by atoms with Crippen LogP contribution in [-0.4, -0.2) is 32.4 Å². The SMILES string of the molecule is CCN(C(C)C)S(=O)(=O)c1ccc(OC)c(CCl)c1. The third kappa shape index (κ3) is 3.41. The van der Waals surface area contributed by atoms with Gasteiger partial charge in [-0.1, -0.05) is 6.92 Å². The maximum Gasteiger partial charge on any atom is 0.243 e. The summed E-state index contributed by atoms with van der Waals surface area (Å²) < 4.78 is 31.6. The molecule has 1 aromatic carbocycles. The maximum absolute atomic E-state index is 12.5. The third-order valence-electron chi connectivity index (χ3n) is 2.89. The van der Waals surface area contributed by atoms with Gasteiger partial charge in [0.1, 0.15) is 5.75 Å². The second-order valence-electron chi connectivity index (χ2n) is 4.41. The minimum Gasteiger partial charge on any atom is -0.496 e. The molecule has 0 atom stereocenters. The molecule has 19 heavy (non-hydrogen) atoms. The topological polar surface area (TPSA) is 46.6 Å². The molecule has 108 valence electrons. The van der Waals surface area contributed by atoms with E-state index in [4.69, 9.17) is 16.3 Å². The number of sulfonamides is 1. The van der Waals surface area contributed by atoms with Crippen LogP contribution in [0.15, 0.2) is 23.1 Å². The highest BCUT2D eigenvalue weighted by atomic mass is 35.5. The van der Waals surface area contributed by atoms with E-state index in [1.165, 1.54) is 11.4 Å². The minimum atomic E-state index is -3.49. The highest BCUT2D eigenvalue weighted by Crippen LogP contribution is 2.26. The number of methoxy groups -OCH3 is 1. The van der Waals surface area contributed by atoms with Crippen LogP contribution in [0, 0.1) is 0 Å². The Morgan fingerprint density at radius 3 is 2.42 bits per heavy atom. The summed E-state index contributed by atoms with van der Waals surface area (Å²) in [4.78, 5) is 0.250. The van der Waals surface area contributed by atoms with Crippen molar-refractivity contribution in [3.05, 3.63) is 23.8 Å². The average Bonchev–Trinajstić information content (AvgIpc) is 2.37. The van der Waals surface area contributed by atoms with E-state index in [0.717, 1.165) is 0 Å². The van der Waals surface area contributed by atoms with Gasteiger partial charge in [-0.05, 0) is 32.0 Å². The summed E-state index contributed by atoms with van der Waals surface area (Å²) in [6.45, 7) is 5.96. The van der Waals surface area contributed by atoms with Crippen LogP contribution in [0.5, 0.6) is 5.75 Å². The number of hydrogen-bond donors (Lipinski definition) is 0. The molecule has 4 nitrogen and oxygen atoms in total. The Labute approximate surface area is 120 Å². The van der Waals surface area contributed by atoms with Gasteiger partial charge in [-0.15, -0.1) is 11.6 Å². The molecule has 0 heterocycles. The first kappa shape index (κ1) is 16.3. The lowest BCUT2D eigenvalue weighted by Gasteiger charge is -2.24. The van der Waals surface area contributed by atoms with Crippen molar-refractivity contribution in [3.8, 4) is 5.75 Å². The summed E-state index contributed by atoms with van der Waals surface area (Å²) in [5.41, 5.74) is 0.671. The smallest absolute Gasteiger partial charge is 0.243 e. The fourth-order valence-corrected chi connectivity index (χ4v) is 3.87. The van der Waals surface area contributed by atoms with Gasteiger partial charge in [0.05, 0.1) is 17.9 Å². The molecule has 0 N–H and O–H groups in total. The van der Waals surface area contributed by atoms with Gasteiger partial charge >= 0.3 is 0 Å². The molecule has 0 aromatic heterocycles. The van der Waals surface area contributed by atoms with Gasteiger partial charge in [0.15, 0.2) is 0 Å². The van der Waals surface area contributed by atoms with Crippen LogP contribution in [0.2, 0.25) is 0 Å². The van der Waals surface area contributed by atoms with Crippen molar-refractivity contribution in [2.45, 2.75) is 37.6 Å². The zero-order valence-electron chi connectivity index (χ0n) is 11.7. The molecule has 0 amide bonds. The van der Waals surface area contributed by atoms with Gasteiger partial charge in [0.25, 0.3) is 0 Å². The Morgan fingerprint density at radius 1 is 1.37 bits per heavy atom. The predicted molar refractivity (Wildman–Crippen MR) is 77.3 cm³/mol. The van der Waals surface area contributed by atoms with Gasteiger partial charge in [-0.25, -0.2) is 8.42 Å². The van der Waals surface area contributed by atoms with E-state index in [-0.39, 0.29) is 16.8 Å². The summed E-state index contributed by atoms with van der Waals surface area (Å²) in [6.07, 6.45) is 0. The third-order valence-corrected chi connectivity index (χ3v) is 5.32. The molecule has 6 heteroatoms. The number of nitrogens with zero attached hydrogens (tertiary/aromatic N) is 1. The number of hydrogen-bond acceptors (Lipinski definition) is 3. The molecule has 0 bridgehead atoms. The van der Waals surface area contributed by atoms with Crippen LogP contribution in [0.1, 0.15) is 26.3 Å². The van der Waals surface area contributed by atoms with Crippen molar-refractivity contribution in [3.63, 3.8) is 0 Å². The predicted octanol–water partition coefficient (Wildman–Crippen LogP) is 2.85. The van der Waals surface area contributed by atoms with E-state index in [2.05, 4.69) is 0 Å². The number of benzene rings is 1. The molecule has 0 aliphatic carbocycles. The van der Waals surface area contributed by atoms with E-state index in [9.17, 15) is 8.42 Å². The lowest BCUT2D eigenvalue weighted by atomic mass is 10.2. The number of ether oxygens (including phenoxy) is 1. The fourth-order valence-electron chi connectivity index (χ4n) is 1.97. The molecule has 0 fully saturated rings. The Morgan fingerprint density at radius 2 is 2.00 bits per heavy atom. The van der Waals surface area contributed by atoms with Crippen LogP contribution in [0.4, 0.5) is 0 Å². The van der Waals surface area contributed by atoms with Crippen LogP contribution in [0.3, 0.4) is 0 Å². The van der Waals surface area contributed by atoms with Gasteiger partial charge in [-0.2, -0.15) is 4.31 Å². The molecule has 0 saturated heterocycles. The zero-order chi connectivity index (χ0) is 14.6. The molecule has 0 spiro atoms. The average molecular weight is 306 g/mol. The van der Waals surface area contributed by atoms with E-state index in [1.807, 2.05) is 20.8 Å². The standard InChI is InChI=1S/C13H20ClNO3S/c1-5-15(10(2)3)19(16,17)12-6-7-13(18-4)11(8-12)9-14/h6-8,10H,5,9H2,1-4H3. The highest BCUT2D eigenvalue weighted by molar-refractivity contribution is 7.89. The first-order valence-corrected chi connectivity index (χ1v) is 8.10. The van der Waals surface area contributed by atoms with Gasteiger partial charge in [0.2, 0.25) is 10.0 Å². The summed E-state index contributed by atoms with van der Waals surface area (Å²) in [5, 5.41) is 0. The lowest BCUT2D eigenvalue weighted by molar-refractivity contribution is 0.369. The summed E-state index contributed by atoms with van der Waals surface area (Å²) in [7, 11) is -1.96. The summed E-state index contributed by atoms with van der Waals surface area (Å²) in [5.74, 6) is 0.807. The van der Waals surface area contributed by atoms with Crippen molar-refractivity contribution in [2.75, 3.05) is 13.7 Å². The van der Waals surface area contributed by atoms with Crippen LogP contribution in [-0.2, 0) is 15.9 Å². The van der Waals surface area contributed by atoms with E-state index in [0.29, 0.717) is 17.9 Å². The van der Waals surface area contributed by atoms with Gasteiger partial charge in [0, 0.05) is 18.2 Å². The van der Waals surface area contributed by atoms with E-state index >= 15 is 0 Å². The van der Waals surface area contributed by atoms with Crippen molar-refractivity contribution in [1.82, 2.24) is 4.31 Å². The van der Waals surface area contributed by atoms with Crippen molar-refractivity contribution < 1.29 is 13.2 Å². The molecule has 1 rings (SSSR count). The second kappa shape index (κ2) is 6.59. The molecular formula is C13H20ClNO3S. The van der Waals surface area contributed by atoms with Crippen LogP contribution < -0.4 is 4.74 Å². The first-order valence-electron chi connectivity index (χ1n) is 6.13. The van der Waals surface area contributed by atoms with Crippen molar-refractivity contribution in [1.29, 1.82) is 0 Å². The lowest BCUT2D eigenvalue weighted by Crippen LogP contribution is -2.36. The number of alkyl halides is 1. The Balaban J connectivity index is 3.29. The molecule has 0 saturated carbocycles. The molecule has 0 unspecified atom stereocenters. The zero-order valence-corrected chi connectivity index (χ0v) is 13.3. The molecular weight excluding hydrogens is 286 g/mol. The first-order chi connectivity index (χ1) is 8.88. The quantitative estimate of drug-likeness (QED) is 0.759. The number of rotatable bonds is 6. The van der Waals surface area contributed by atoms with E-state index < -0.39 is 10.0 Å². The summed E-state index contributed by atoms with van der Waals surface area (Å²) in [6, 6.07) is 4.68. The normalized spacial score (nSPS) is 12.2. The number of halogens is 1. The molecule has 0 aliphatic heterocycles. The fraction of sp³-hybridized carbons (Fsp3) is 0.538. The molecule has 1 aromatic rings.